The number of benzene rings is 1. The summed E-state index contributed by atoms with van der Waals surface area (Å²) in [6.07, 6.45) is 0. The lowest BCUT2D eigenvalue weighted by Gasteiger charge is -2.15. The fourth-order valence-electron chi connectivity index (χ4n) is 1.77. The number of thiophene rings is 1. The van der Waals surface area contributed by atoms with Crippen LogP contribution in [0.15, 0.2) is 40.6 Å². The Morgan fingerprint density at radius 1 is 1.33 bits per heavy atom. The third-order valence-electron chi connectivity index (χ3n) is 2.81. The fraction of sp³-hybridized carbons (Fsp3) is 0.286. The lowest BCUT2D eigenvalue weighted by molar-refractivity contribution is 0.670. The number of thioether (sulfide) groups is 1. The maximum Gasteiger partial charge on any atom is 0.0541 e. The summed E-state index contributed by atoms with van der Waals surface area (Å²) >= 11 is 9.78. The molecule has 1 atom stereocenters. The van der Waals surface area contributed by atoms with Gasteiger partial charge in [-0.15, -0.1) is 23.1 Å². The molecule has 0 saturated carbocycles. The predicted molar refractivity (Wildman–Crippen MR) is 83.0 cm³/mol. The standard InChI is InChI=1S/C14H16ClNS2/c1-10-7-8-17-14(10)12(16-2)9-18-13-6-4-3-5-11(13)15/h3-8,12,16H,9H2,1-2H3. The maximum atomic E-state index is 6.17. The van der Waals surface area contributed by atoms with E-state index < -0.39 is 0 Å². The van der Waals surface area contributed by atoms with Crippen molar-refractivity contribution in [2.75, 3.05) is 12.8 Å². The summed E-state index contributed by atoms with van der Waals surface area (Å²) in [6.45, 7) is 2.16. The van der Waals surface area contributed by atoms with Crippen molar-refractivity contribution >= 4 is 34.7 Å². The Balaban J connectivity index is 2.05. The average Bonchev–Trinajstić information content (AvgIpc) is 2.79. The minimum Gasteiger partial charge on any atom is -0.312 e. The Labute approximate surface area is 122 Å². The van der Waals surface area contributed by atoms with Crippen LogP contribution in [0.5, 0.6) is 0 Å². The highest BCUT2D eigenvalue weighted by Crippen LogP contribution is 2.32. The van der Waals surface area contributed by atoms with Gasteiger partial charge < -0.3 is 5.32 Å². The van der Waals surface area contributed by atoms with Crippen LogP contribution in [0.1, 0.15) is 16.5 Å². The number of aryl methyl sites for hydroxylation is 1. The third kappa shape index (κ3) is 3.29. The second-order valence-corrected chi connectivity index (χ2v) is 6.47. The summed E-state index contributed by atoms with van der Waals surface area (Å²) in [5, 5.41) is 6.36. The van der Waals surface area contributed by atoms with Crippen molar-refractivity contribution in [3.05, 3.63) is 51.2 Å². The molecule has 0 spiro atoms. The van der Waals surface area contributed by atoms with E-state index in [-0.39, 0.29) is 0 Å². The second kappa shape index (κ2) is 6.62. The SMILES string of the molecule is CNC(CSc1ccccc1Cl)c1sccc1C. The smallest absolute Gasteiger partial charge is 0.0541 e. The van der Waals surface area contributed by atoms with E-state index in [4.69, 9.17) is 11.6 Å². The first-order chi connectivity index (χ1) is 8.72. The lowest BCUT2D eigenvalue weighted by atomic mass is 10.2. The summed E-state index contributed by atoms with van der Waals surface area (Å²) in [6, 6.07) is 10.6. The summed E-state index contributed by atoms with van der Waals surface area (Å²) < 4.78 is 0. The van der Waals surface area contributed by atoms with Crippen LogP contribution in [-0.4, -0.2) is 12.8 Å². The van der Waals surface area contributed by atoms with Crippen LogP contribution in [0.4, 0.5) is 0 Å². The molecule has 1 nitrogen and oxygen atoms in total. The molecule has 0 fully saturated rings. The largest absolute Gasteiger partial charge is 0.312 e. The quantitative estimate of drug-likeness (QED) is 0.798. The molecule has 0 saturated heterocycles. The number of hydrogen-bond acceptors (Lipinski definition) is 3. The zero-order chi connectivity index (χ0) is 13.0. The monoisotopic (exact) mass is 297 g/mol. The van der Waals surface area contributed by atoms with Crippen LogP contribution in [-0.2, 0) is 0 Å². The number of nitrogens with one attached hydrogen (secondary N) is 1. The van der Waals surface area contributed by atoms with Gasteiger partial charge in [-0.2, -0.15) is 0 Å². The predicted octanol–water partition coefficient (Wildman–Crippen LogP) is 4.76. The van der Waals surface area contributed by atoms with E-state index in [0.717, 1.165) is 15.7 Å². The van der Waals surface area contributed by atoms with Crippen LogP contribution >= 0.6 is 34.7 Å². The molecule has 1 heterocycles. The number of hydrogen-bond donors (Lipinski definition) is 1. The number of halogens is 1. The Morgan fingerprint density at radius 3 is 2.72 bits per heavy atom. The fourth-order valence-corrected chi connectivity index (χ4v) is 4.27. The van der Waals surface area contributed by atoms with Gasteiger partial charge in [-0.05, 0) is 43.1 Å². The van der Waals surface area contributed by atoms with Gasteiger partial charge in [0.1, 0.15) is 0 Å². The molecule has 2 aromatic rings. The molecule has 0 aliphatic carbocycles. The molecule has 4 heteroatoms. The van der Waals surface area contributed by atoms with Gasteiger partial charge in [0, 0.05) is 15.5 Å². The molecule has 0 aliphatic heterocycles. The zero-order valence-electron chi connectivity index (χ0n) is 10.4. The van der Waals surface area contributed by atoms with Gasteiger partial charge in [-0.1, -0.05) is 23.7 Å². The van der Waals surface area contributed by atoms with Gasteiger partial charge in [-0.3, -0.25) is 0 Å². The highest BCUT2D eigenvalue weighted by molar-refractivity contribution is 7.99. The first kappa shape index (κ1) is 13.9. The Morgan fingerprint density at radius 2 is 2.11 bits per heavy atom. The van der Waals surface area contributed by atoms with E-state index in [9.17, 15) is 0 Å². The molecule has 96 valence electrons. The summed E-state index contributed by atoms with van der Waals surface area (Å²) in [4.78, 5) is 2.56. The molecule has 1 aromatic heterocycles. The topological polar surface area (TPSA) is 12.0 Å². The highest BCUT2D eigenvalue weighted by atomic mass is 35.5. The van der Waals surface area contributed by atoms with Crippen molar-refractivity contribution in [2.24, 2.45) is 0 Å². The van der Waals surface area contributed by atoms with E-state index in [1.54, 1.807) is 11.8 Å². The Bertz CT molecular complexity index is 510. The summed E-state index contributed by atoms with van der Waals surface area (Å²) in [5.74, 6) is 0.988. The van der Waals surface area contributed by atoms with E-state index in [1.165, 1.54) is 10.4 Å². The molecule has 0 bridgehead atoms. The minimum absolute atomic E-state index is 0.381. The van der Waals surface area contributed by atoms with Crippen molar-refractivity contribution in [3.8, 4) is 0 Å². The van der Waals surface area contributed by atoms with Crippen LogP contribution in [0.2, 0.25) is 5.02 Å². The normalized spacial score (nSPS) is 12.6. The molecule has 0 amide bonds. The first-order valence-corrected chi connectivity index (χ1v) is 8.05. The molecule has 1 N–H and O–H groups in total. The van der Waals surface area contributed by atoms with Gasteiger partial charge >= 0.3 is 0 Å². The lowest BCUT2D eigenvalue weighted by Crippen LogP contribution is -2.18. The molecular formula is C14H16ClNS2. The van der Waals surface area contributed by atoms with Crippen LogP contribution in [0.25, 0.3) is 0 Å². The Kier molecular flexibility index (Phi) is 5.13. The van der Waals surface area contributed by atoms with Gasteiger partial charge in [0.2, 0.25) is 0 Å². The first-order valence-electron chi connectivity index (χ1n) is 5.81. The summed E-state index contributed by atoms with van der Waals surface area (Å²) in [5.41, 5.74) is 1.36. The van der Waals surface area contributed by atoms with Crippen molar-refractivity contribution in [3.63, 3.8) is 0 Å². The van der Waals surface area contributed by atoms with E-state index >= 15 is 0 Å². The van der Waals surface area contributed by atoms with Gasteiger partial charge in [0.25, 0.3) is 0 Å². The molecule has 1 unspecified atom stereocenters. The molecule has 1 aromatic carbocycles. The highest BCUT2D eigenvalue weighted by Gasteiger charge is 2.14. The van der Waals surface area contributed by atoms with E-state index in [1.807, 2.05) is 36.6 Å². The van der Waals surface area contributed by atoms with Crippen molar-refractivity contribution in [1.82, 2.24) is 5.32 Å². The molecule has 2 rings (SSSR count). The van der Waals surface area contributed by atoms with E-state index in [0.29, 0.717) is 6.04 Å². The van der Waals surface area contributed by atoms with Gasteiger partial charge in [-0.25, -0.2) is 0 Å². The Hall–Kier alpha value is -0.480. The minimum atomic E-state index is 0.381. The van der Waals surface area contributed by atoms with Crippen LogP contribution < -0.4 is 5.32 Å². The number of rotatable bonds is 5. The van der Waals surface area contributed by atoms with Crippen LogP contribution in [0.3, 0.4) is 0 Å². The van der Waals surface area contributed by atoms with Gasteiger partial charge in [0.05, 0.1) is 11.1 Å². The van der Waals surface area contributed by atoms with Gasteiger partial charge in [0.15, 0.2) is 0 Å². The maximum absolute atomic E-state index is 6.17. The molecule has 18 heavy (non-hydrogen) atoms. The zero-order valence-corrected chi connectivity index (χ0v) is 12.8. The third-order valence-corrected chi connectivity index (χ3v) is 5.55. The van der Waals surface area contributed by atoms with Crippen LogP contribution in [0, 0.1) is 6.92 Å². The van der Waals surface area contributed by atoms with Crippen molar-refractivity contribution < 1.29 is 0 Å². The van der Waals surface area contributed by atoms with Crippen molar-refractivity contribution in [2.45, 2.75) is 17.9 Å². The molecular weight excluding hydrogens is 282 g/mol. The average molecular weight is 298 g/mol. The second-order valence-electron chi connectivity index (χ2n) is 4.05. The summed E-state index contributed by atoms with van der Waals surface area (Å²) in [7, 11) is 2.01. The van der Waals surface area contributed by atoms with Crippen molar-refractivity contribution in [1.29, 1.82) is 0 Å². The molecule has 0 radical (unpaired) electrons. The molecule has 0 aliphatic rings. The van der Waals surface area contributed by atoms with E-state index in [2.05, 4.69) is 29.8 Å².